The molecule has 0 bridgehead atoms. The van der Waals surface area contributed by atoms with Crippen molar-refractivity contribution in [3.8, 4) is 17.2 Å². The van der Waals surface area contributed by atoms with Gasteiger partial charge in [0.15, 0.2) is 11.5 Å². The van der Waals surface area contributed by atoms with Crippen LogP contribution in [-0.2, 0) is 4.79 Å². The molecule has 0 aliphatic carbocycles. The molecule has 9 nitrogen and oxygen atoms in total. The molecule has 1 aliphatic heterocycles. The Morgan fingerprint density at radius 1 is 1.06 bits per heavy atom. The smallest absolute Gasteiger partial charge is 0.244 e. The van der Waals surface area contributed by atoms with Crippen LogP contribution in [-0.4, -0.2) is 42.9 Å². The van der Waals surface area contributed by atoms with Crippen molar-refractivity contribution < 1.29 is 19.0 Å². The summed E-state index contributed by atoms with van der Waals surface area (Å²) in [6.07, 6.45) is 3.21. The van der Waals surface area contributed by atoms with Crippen molar-refractivity contribution in [2.75, 3.05) is 37.6 Å². The summed E-state index contributed by atoms with van der Waals surface area (Å²) in [7, 11) is 1.63. The second kappa shape index (κ2) is 10.4. The summed E-state index contributed by atoms with van der Waals surface area (Å²) in [5, 5.41) is 9.21. The quantitative estimate of drug-likeness (QED) is 0.338. The number of anilines is 3. The van der Waals surface area contributed by atoms with Crippen LogP contribution in [0.4, 0.5) is 17.5 Å². The Balaban J connectivity index is 1.24. The summed E-state index contributed by atoms with van der Waals surface area (Å²) in [4.78, 5) is 21.0. The predicted octanol–water partition coefficient (Wildman–Crippen LogP) is 3.51. The lowest BCUT2D eigenvalue weighted by atomic mass is 10.2. The second-order valence-electron chi connectivity index (χ2n) is 7.24. The Bertz CT molecular complexity index is 1150. The lowest BCUT2D eigenvalue weighted by Gasteiger charge is -2.10. The fraction of sp³-hybridized carbons (Fsp3) is 0.208. The summed E-state index contributed by atoms with van der Waals surface area (Å²) in [5.41, 5.74) is 2.57. The maximum Gasteiger partial charge on any atom is 0.244 e. The van der Waals surface area contributed by atoms with Crippen LogP contribution in [0.2, 0.25) is 0 Å². The Morgan fingerprint density at radius 3 is 2.70 bits per heavy atom. The van der Waals surface area contributed by atoms with Gasteiger partial charge in [-0.3, -0.25) is 4.79 Å². The fourth-order valence-corrected chi connectivity index (χ4v) is 3.14. The Hall–Kier alpha value is -4.27. The molecule has 4 rings (SSSR count). The van der Waals surface area contributed by atoms with E-state index >= 15 is 0 Å². The average molecular weight is 447 g/mol. The van der Waals surface area contributed by atoms with Gasteiger partial charge in [-0.25, -0.2) is 4.98 Å². The number of amides is 1. The van der Waals surface area contributed by atoms with Crippen LogP contribution in [0.5, 0.6) is 17.2 Å². The number of hydrogen-bond acceptors (Lipinski definition) is 8. The number of aromatic nitrogens is 2. The number of methoxy groups -OCH3 is 1. The highest BCUT2D eigenvalue weighted by molar-refractivity contribution is 5.91. The molecule has 3 N–H and O–H groups in total. The summed E-state index contributed by atoms with van der Waals surface area (Å²) in [6, 6.07) is 15.0. The van der Waals surface area contributed by atoms with Crippen LogP contribution in [0.1, 0.15) is 11.3 Å². The van der Waals surface area contributed by atoms with Crippen molar-refractivity contribution in [1.29, 1.82) is 0 Å². The molecule has 2 heterocycles. The van der Waals surface area contributed by atoms with Crippen molar-refractivity contribution >= 4 is 29.4 Å². The van der Waals surface area contributed by atoms with Crippen molar-refractivity contribution in [3.05, 3.63) is 65.9 Å². The molecule has 1 aliphatic rings. The Morgan fingerprint density at radius 2 is 1.88 bits per heavy atom. The molecule has 0 fully saturated rings. The van der Waals surface area contributed by atoms with Crippen molar-refractivity contribution in [1.82, 2.24) is 15.3 Å². The van der Waals surface area contributed by atoms with Gasteiger partial charge in [0.25, 0.3) is 0 Å². The molecule has 0 saturated heterocycles. The monoisotopic (exact) mass is 447 g/mol. The highest BCUT2D eigenvalue weighted by Gasteiger charge is 2.12. The molecule has 1 aromatic heterocycles. The molecule has 9 heteroatoms. The number of aryl methyl sites for hydroxylation is 1. The van der Waals surface area contributed by atoms with E-state index in [0.717, 1.165) is 22.7 Å². The van der Waals surface area contributed by atoms with E-state index < -0.39 is 0 Å². The van der Waals surface area contributed by atoms with Gasteiger partial charge >= 0.3 is 0 Å². The van der Waals surface area contributed by atoms with Crippen LogP contribution in [0.25, 0.3) is 6.08 Å². The van der Waals surface area contributed by atoms with Crippen LogP contribution < -0.4 is 30.2 Å². The maximum absolute atomic E-state index is 12.1. The molecule has 3 aromatic rings. The van der Waals surface area contributed by atoms with Gasteiger partial charge in [-0.2, -0.15) is 4.98 Å². The number of nitrogens with zero attached hydrogens (tertiary/aromatic N) is 2. The summed E-state index contributed by atoms with van der Waals surface area (Å²) < 4.78 is 15.8. The molecule has 0 unspecified atom stereocenters. The number of benzene rings is 2. The Labute approximate surface area is 191 Å². The third kappa shape index (κ3) is 6.13. The van der Waals surface area contributed by atoms with E-state index in [1.165, 1.54) is 6.08 Å². The standard InChI is InChI=1S/C24H25N5O4/c1-16-13-22(28-18-5-7-19(31-2)8-6-18)29-24(27-16)26-12-11-25-23(30)10-4-17-3-9-20-21(14-17)33-15-32-20/h3-10,13-14H,11-12,15H2,1-2H3,(H,25,30)(H2,26,27,28,29)/b10-4+. The molecular formula is C24H25N5O4. The zero-order valence-corrected chi connectivity index (χ0v) is 18.4. The summed E-state index contributed by atoms with van der Waals surface area (Å²) >= 11 is 0. The fourth-order valence-electron chi connectivity index (χ4n) is 3.14. The Kier molecular flexibility index (Phi) is 6.89. The summed E-state index contributed by atoms with van der Waals surface area (Å²) in [6.45, 7) is 3.02. The van der Waals surface area contributed by atoms with Gasteiger partial charge in [-0.1, -0.05) is 6.07 Å². The first-order valence-corrected chi connectivity index (χ1v) is 10.5. The molecule has 0 radical (unpaired) electrons. The number of hydrogen-bond donors (Lipinski definition) is 3. The van der Waals surface area contributed by atoms with E-state index in [0.29, 0.717) is 36.4 Å². The van der Waals surface area contributed by atoms with E-state index in [2.05, 4.69) is 25.9 Å². The minimum Gasteiger partial charge on any atom is -0.497 e. The van der Waals surface area contributed by atoms with Gasteiger partial charge in [0, 0.05) is 36.6 Å². The lowest BCUT2D eigenvalue weighted by molar-refractivity contribution is -0.116. The van der Waals surface area contributed by atoms with E-state index in [1.807, 2.05) is 55.5 Å². The topological polar surface area (TPSA) is 107 Å². The van der Waals surface area contributed by atoms with E-state index in [-0.39, 0.29) is 12.7 Å². The minimum atomic E-state index is -0.193. The van der Waals surface area contributed by atoms with Crippen LogP contribution in [0, 0.1) is 6.92 Å². The third-order valence-electron chi connectivity index (χ3n) is 4.75. The lowest BCUT2D eigenvalue weighted by Crippen LogP contribution is -2.27. The molecule has 1 amide bonds. The number of carbonyl (C=O) groups excluding carboxylic acids is 1. The van der Waals surface area contributed by atoms with Gasteiger partial charge in [-0.15, -0.1) is 0 Å². The van der Waals surface area contributed by atoms with E-state index in [1.54, 1.807) is 13.2 Å². The molecule has 0 saturated carbocycles. The highest BCUT2D eigenvalue weighted by Crippen LogP contribution is 2.32. The van der Waals surface area contributed by atoms with Gasteiger partial charge in [0.1, 0.15) is 11.6 Å². The first-order valence-electron chi connectivity index (χ1n) is 10.5. The van der Waals surface area contributed by atoms with E-state index in [4.69, 9.17) is 14.2 Å². The van der Waals surface area contributed by atoms with Crippen LogP contribution >= 0.6 is 0 Å². The molecule has 0 spiro atoms. The first kappa shape index (κ1) is 21.9. The number of carbonyl (C=O) groups is 1. The number of nitrogens with one attached hydrogen (secondary N) is 3. The highest BCUT2D eigenvalue weighted by atomic mass is 16.7. The van der Waals surface area contributed by atoms with Crippen LogP contribution in [0.3, 0.4) is 0 Å². The molecule has 170 valence electrons. The van der Waals surface area contributed by atoms with Gasteiger partial charge in [0.05, 0.1) is 7.11 Å². The number of rotatable bonds is 9. The summed E-state index contributed by atoms with van der Waals surface area (Å²) in [5.74, 6) is 3.14. The molecule has 2 aromatic carbocycles. The second-order valence-corrected chi connectivity index (χ2v) is 7.24. The molecule has 0 atom stereocenters. The van der Waals surface area contributed by atoms with E-state index in [9.17, 15) is 4.79 Å². The molecule has 33 heavy (non-hydrogen) atoms. The normalized spacial score (nSPS) is 11.9. The minimum absolute atomic E-state index is 0.193. The van der Waals surface area contributed by atoms with Crippen LogP contribution in [0.15, 0.2) is 54.6 Å². The van der Waals surface area contributed by atoms with Crippen molar-refractivity contribution in [3.63, 3.8) is 0 Å². The predicted molar refractivity (Wildman–Crippen MR) is 126 cm³/mol. The average Bonchev–Trinajstić information content (AvgIpc) is 3.29. The third-order valence-corrected chi connectivity index (χ3v) is 4.75. The zero-order chi connectivity index (χ0) is 23.0. The van der Waals surface area contributed by atoms with Gasteiger partial charge in [0.2, 0.25) is 18.6 Å². The van der Waals surface area contributed by atoms with Gasteiger partial charge < -0.3 is 30.2 Å². The first-order chi connectivity index (χ1) is 16.1. The van der Waals surface area contributed by atoms with Crippen molar-refractivity contribution in [2.45, 2.75) is 6.92 Å². The SMILES string of the molecule is COc1ccc(Nc2cc(C)nc(NCCNC(=O)/C=C/c3ccc4c(c3)OCO4)n2)cc1. The largest absolute Gasteiger partial charge is 0.497 e. The number of fused-ring (bicyclic) bond motifs is 1. The number of ether oxygens (including phenoxy) is 3. The molecular weight excluding hydrogens is 422 g/mol. The zero-order valence-electron chi connectivity index (χ0n) is 18.4. The van der Waals surface area contributed by atoms with Gasteiger partial charge in [-0.05, 0) is 55.0 Å². The van der Waals surface area contributed by atoms with Crippen molar-refractivity contribution in [2.24, 2.45) is 0 Å². The maximum atomic E-state index is 12.1.